The van der Waals surface area contributed by atoms with Gasteiger partial charge in [-0.3, -0.25) is 19.2 Å². The number of aliphatic hydroxyl groups is 1. The molecule has 2 N–H and O–H groups in total. The summed E-state index contributed by atoms with van der Waals surface area (Å²) in [6, 6.07) is 3.71. The number of hydrogen-bond acceptors (Lipinski definition) is 10. The van der Waals surface area contributed by atoms with Gasteiger partial charge < -0.3 is 24.6 Å². The number of β-amino-alcohol motifs (C(OH)–C–C–N with tert-alkyl or cyclic N) is 1. The molecule has 34 heavy (non-hydrogen) atoms. The van der Waals surface area contributed by atoms with Crippen molar-refractivity contribution in [1.29, 1.82) is 0 Å². The lowest BCUT2D eigenvalue weighted by atomic mass is 10.2. The first kappa shape index (κ1) is 22.7. The van der Waals surface area contributed by atoms with Crippen molar-refractivity contribution >= 4 is 34.0 Å². The molecular weight excluding hydrogens is 460 g/mol. The van der Waals surface area contributed by atoms with Crippen LogP contribution in [0.5, 0.6) is 11.5 Å². The first-order valence-electron chi connectivity index (χ1n) is 11.1. The van der Waals surface area contributed by atoms with Crippen LogP contribution in [0.15, 0.2) is 28.8 Å². The Kier molecular flexibility index (Phi) is 6.72. The van der Waals surface area contributed by atoms with E-state index >= 15 is 0 Å². The highest BCUT2D eigenvalue weighted by Gasteiger charge is 2.22. The molecule has 2 aromatic heterocycles. The number of benzene rings is 1. The van der Waals surface area contributed by atoms with E-state index in [-0.39, 0.29) is 12.2 Å². The second-order valence-electron chi connectivity index (χ2n) is 7.99. The summed E-state index contributed by atoms with van der Waals surface area (Å²) in [4.78, 5) is 28.1. The third-order valence-electron chi connectivity index (χ3n) is 5.75. The molecule has 4 heterocycles. The molecule has 0 unspecified atom stereocenters. The maximum atomic E-state index is 12.6. The Balaban J connectivity index is 1.45. The van der Waals surface area contributed by atoms with E-state index in [1.807, 2.05) is 16.7 Å². The van der Waals surface area contributed by atoms with Crippen molar-refractivity contribution in [3.8, 4) is 11.5 Å². The molecule has 0 spiro atoms. The summed E-state index contributed by atoms with van der Waals surface area (Å²) in [5.41, 5.74) is 2.41. The maximum absolute atomic E-state index is 12.6. The van der Waals surface area contributed by atoms with E-state index in [1.165, 1.54) is 17.5 Å². The topological polar surface area (TPSA) is 123 Å². The van der Waals surface area contributed by atoms with Crippen LogP contribution < -0.4 is 20.4 Å². The van der Waals surface area contributed by atoms with E-state index in [9.17, 15) is 9.90 Å². The van der Waals surface area contributed by atoms with E-state index in [4.69, 9.17) is 14.2 Å². The number of aliphatic hydroxyl groups excluding tert-OH is 1. The molecule has 5 rings (SSSR count). The van der Waals surface area contributed by atoms with E-state index in [0.717, 1.165) is 24.3 Å². The van der Waals surface area contributed by atoms with Crippen LogP contribution in [0.25, 0.3) is 10.9 Å². The first-order chi connectivity index (χ1) is 16.6. The Morgan fingerprint density at radius 2 is 2.21 bits per heavy atom. The van der Waals surface area contributed by atoms with Gasteiger partial charge in [-0.1, -0.05) is 0 Å². The lowest BCUT2D eigenvalue weighted by Crippen LogP contribution is -2.42. The van der Waals surface area contributed by atoms with Crippen molar-refractivity contribution in [3.63, 3.8) is 0 Å². The van der Waals surface area contributed by atoms with Crippen LogP contribution in [-0.2, 0) is 11.3 Å². The molecule has 1 amide bonds. The van der Waals surface area contributed by atoms with Gasteiger partial charge in [0.1, 0.15) is 28.9 Å². The summed E-state index contributed by atoms with van der Waals surface area (Å²) >= 11 is 1.23. The van der Waals surface area contributed by atoms with Crippen molar-refractivity contribution < 1.29 is 24.1 Å². The first-order valence-corrected chi connectivity index (χ1v) is 12.0. The second kappa shape index (κ2) is 10.1. The van der Waals surface area contributed by atoms with Crippen molar-refractivity contribution in [1.82, 2.24) is 19.4 Å². The van der Waals surface area contributed by atoms with Crippen molar-refractivity contribution in [2.75, 3.05) is 58.4 Å². The number of hydrogen-bond donors (Lipinski definition) is 2. The third kappa shape index (κ3) is 4.62. The number of anilines is 1. The van der Waals surface area contributed by atoms with Gasteiger partial charge in [-0.15, -0.1) is 11.3 Å². The van der Waals surface area contributed by atoms with Crippen LogP contribution in [0, 0.1) is 0 Å². The summed E-state index contributed by atoms with van der Waals surface area (Å²) in [7, 11) is 1.54. The predicted octanol–water partition coefficient (Wildman–Crippen LogP) is 0.740. The fourth-order valence-electron chi connectivity index (χ4n) is 4.13. The molecule has 2 aliphatic heterocycles. The van der Waals surface area contributed by atoms with Gasteiger partial charge in [-0.2, -0.15) is 4.99 Å². The molecule has 0 aliphatic carbocycles. The number of rotatable bonds is 7. The molecule has 0 saturated carbocycles. The van der Waals surface area contributed by atoms with Gasteiger partial charge in [-0.25, -0.2) is 4.98 Å². The highest BCUT2D eigenvalue weighted by molar-refractivity contribution is 7.11. The Hall–Kier alpha value is -3.06. The zero-order chi connectivity index (χ0) is 23.5. The van der Waals surface area contributed by atoms with Crippen LogP contribution >= 0.6 is 11.3 Å². The number of thiazole rings is 1. The average molecular weight is 487 g/mol. The number of fused-ring (bicyclic) bond motifs is 3. The summed E-state index contributed by atoms with van der Waals surface area (Å²) in [6.07, 6.45) is 0.835. The number of amides is 1. The fraction of sp³-hybridized carbons (Fsp3) is 0.455. The molecule has 180 valence electrons. The number of aromatic nitrogens is 3. The number of nitrogens with zero attached hydrogens (tertiary/aromatic N) is 5. The second-order valence-corrected chi connectivity index (χ2v) is 8.88. The number of carbonyl (C=O) groups excluding carboxylic acids is 1. The molecule has 1 saturated heterocycles. The molecule has 12 heteroatoms. The van der Waals surface area contributed by atoms with Crippen LogP contribution in [0.4, 0.5) is 5.82 Å². The minimum absolute atomic E-state index is 0.109. The van der Waals surface area contributed by atoms with E-state index in [0.29, 0.717) is 54.7 Å². The highest BCUT2D eigenvalue weighted by atomic mass is 32.1. The molecule has 1 fully saturated rings. The van der Waals surface area contributed by atoms with E-state index in [2.05, 4.69) is 25.2 Å². The molecule has 11 nitrogen and oxygen atoms in total. The Labute approximate surface area is 199 Å². The van der Waals surface area contributed by atoms with Crippen molar-refractivity contribution in [2.24, 2.45) is 4.99 Å². The molecule has 2 aliphatic rings. The third-order valence-corrected chi connectivity index (χ3v) is 6.52. The van der Waals surface area contributed by atoms with E-state index in [1.54, 1.807) is 12.6 Å². The molecule has 1 atom stereocenters. The molecule has 0 bridgehead atoms. The van der Waals surface area contributed by atoms with Gasteiger partial charge >= 0.3 is 0 Å². The smallest absolute Gasteiger partial charge is 0.291 e. The fourth-order valence-corrected chi connectivity index (χ4v) is 4.64. The summed E-state index contributed by atoms with van der Waals surface area (Å²) in [5.74, 6) is 1.31. The van der Waals surface area contributed by atoms with Crippen LogP contribution in [0.2, 0.25) is 0 Å². The Morgan fingerprint density at radius 3 is 2.97 bits per heavy atom. The molecule has 0 radical (unpaired) electrons. The molecule has 1 aromatic carbocycles. The number of methoxy groups -OCH3 is 1. The maximum Gasteiger partial charge on any atom is 0.291 e. The summed E-state index contributed by atoms with van der Waals surface area (Å²) in [5, 5.41) is 14.6. The monoisotopic (exact) mass is 486 g/mol. The number of morpholine rings is 1. The lowest BCUT2D eigenvalue weighted by Gasteiger charge is -2.28. The van der Waals surface area contributed by atoms with Gasteiger partial charge in [-0.05, 0) is 12.1 Å². The summed E-state index contributed by atoms with van der Waals surface area (Å²) in [6.45, 7) is 4.89. The van der Waals surface area contributed by atoms with Crippen LogP contribution in [-0.4, -0.2) is 89.7 Å². The standard InChI is InChI=1S/C22H26N6O5S/c1-31-19-16(33-12-14(29)11-27-6-8-32-9-7-27)3-2-15-18(19)25-22(28-5-4-24-20(15)28)26-21(30)17-10-23-13-34-17/h2-3,10,13-14,24,29H,4-9,11-12H2,1H3/t14-/m1/s1. The van der Waals surface area contributed by atoms with Gasteiger partial charge in [0.15, 0.2) is 11.5 Å². The van der Waals surface area contributed by atoms with Gasteiger partial charge in [0.05, 0.1) is 32.0 Å². The minimum Gasteiger partial charge on any atom is -0.491 e. The largest absolute Gasteiger partial charge is 0.491 e. The Bertz CT molecular complexity index is 1240. The van der Waals surface area contributed by atoms with Gasteiger partial charge in [0.25, 0.3) is 5.91 Å². The zero-order valence-electron chi connectivity index (χ0n) is 18.8. The Morgan fingerprint density at radius 1 is 1.35 bits per heavy atom. The number of carbonyl (C=O) groups is 1. The predicted molar refractivity (Wildman–Crippen MR) is 126 cm³/mol. The number of ether oxygens (including phenoxy) is 3. The normalized spacial score (nSPS) is 17.4. The lowest BCUT2D eigenvalue weighted by molar-refractivity contribution is 0.00447. The van der Waals surface area contributed by atoms with Crippen molar-refractivity contribution in [3.05, 3.63) is 34.3 Å². The summed E-state index contributed by atoms with van der Waals surface area (Å²) < 4.78 is 18.8. The SMILES string of the molecule is COc1c(OC[C@H](O)CN2CCOCC2)ccc2c3n(c(=NC(=O)c4cncs4)nc12)CCN3. The quantitative estimate of drug-likeness (QED) is 0.498. The van der Waals surface area contributed by atoms with Crippen LogP contribution in [0.3, 0.4) is 0 Å². The van der Waals surface area contributed by atoms with Crippen molar-refractivity contribution in [2.45, 2.75) is 12.6 Å². The van der Waals surface area contributed by atoms with Gasteiger partial charge in [0.2, 0.25) is 5.62 Å². The highest BCUT2D eigenvalue weighted by Crippen LogP contribution is 2.37. The molecule has 3 aromatic rings. The van der Waals surface area contributed by atoms with Gasteiger partial charge in [0, 0.05) is 38.1 Å². The molecular formula is C22H26N6O5S. The zero-order valence-corrected chi connectivity index (χ0v) is 19.6. The average Bonchev–Trinajstić information content (AvgIpc) is 3.56. The van der Waals surface area contributed by atoms with E-state index < -0.39 is 12.0 Å². The number of nitrogens with one attached hydrogen (secondary N) is 1. The van der Waals surface area contributed by atoms with Crippen LogP contribution in [0.1, 0.15) is 9.67 Å². The minimum atomic E-state index is -0.661.